The van der Waals surface area contributed by atoms with Crippen LogP contribution < -0.4 is 4.90 Å². The van der Waals surface area contributed by atoms with E-state index >= 15 is 0 Å². The van der Waals surface area contributed by atoms with Gasteiger partial charge in [-0.15, -0.1) is 11.8 Å². The quantitative estimate of drug-likeness (QED) is 0.789. The molecule has 140 valence electrons. The van der Waals surface area contributed by atoms with Crippen molar-refractivity contribution in [3.63, 3.8) is 0 Å². The molecule has 0 aliphatic carbocycles. The summed E-state index contributed by atoms with van der Waals surface area (Å²) in [6.07, 6.45) is 0. The van der Waals surface area contributed by atoms with Gasteiger partial charge in [0.2, 0.25) is 5.91 Å². The van der Waals surface area contributed by atoms with Crippen molar-refractivity contribution in [2.75, 3.05) is 37.0 Å². The van der Waals surface area contributed by atoms with E-state index in [0.29, 0.717) is 49.2 Å². The molecule has 0 saturated carbocycles. The number of ether oxygens (including phenoxy) is 1. The predicted molar refractivity (Wildman–Crippen MR) is 107 cm³/mol. The van der Waals surface area contributed by atoms with Crippen molar-refractivity contribution >= 4 is 40.9 Å². The van der Waals surface area contributed by atoms with E-state index in [-0.39, 0.29) is 11.8 Å². The molecule has 0 aromatic heterocycles. The number of benzene rings is 2. The molecular formula is C20H19ClN2O3S. The summed E-state index contributed by atoms with van der Waals surface area (Å²) < 4.78 is 5.32. The fourth-order valence-electron chi connectivity index (χ4n) is 3.28. The van der Waals surface area contributed by atoms with E-state index in [2.05, 4.69) is 0 Å². The molecule has 1 fully saturated rings. The van der Waals surface area contributed by atoms with Crippen LogP contribution in [0.1, 0.15) is 15.9 Å². The number of hydrogen-bond acceptors (Lipinski definition) is 4. The van der Waals surface area contributed by atoms with Gasteiger partial charge in [0.25, 0.3) is 5.91 Å². The minimum Gasteiger partial charge on any atom is -0.378 e. The van der Waals surface area contributed by atoms with Gasteiger partial charge in [-0.3, -0.25) is 9.59 Å². The number of hydrogen-bond donors (Lipinski definition) is 0. The first kappa shape index (κ1) is 18.3. The Morgan fingerprint density at radius 3 is 2.74 bits per heavy atom. The topological polar surface area (TPSA) is 49.9 Å². The van der Waals surface area contributed by atoms with Gasteiger partial charge in [0, 0.05) is 28.6 Å². The SMILES string of the molecule is O=C(c1ccc2c(c1)N(Cc1cccc(Cl)c1)C(=O)CS2)N1CCOCC1. The number of thioether (sulfide) groups is 1. The normalized spacial score (nSPS) is 17.0. The minimum atomic E-state index is -0.0215. The molecule has 2 aromatic carbocycles. The Hall–Kier alpha value is -2.02. The van der Waals surface area contributed by atoms with Crippen molar-refractivity contribution in [1.29, 1.82) is 0 Å². The van der Waals surface area contributed by atoms with Crippen LogP contribution in [0.5, 0.6) is 0 Å². The van der Waals surface area contributed by atoms with Gasteiger partial charge in [0.1, 0.15) is 0 Å². The molecule has 0 radical (unpaired) electrons. The lowest BCUT2D eigenvalue weighted by Gasteiger charge is -2.31. The van der Waals surface area contributed by atoms with E-state index < -0.39 is 0 Å². The average molecular weight is 403 g/mol. The molecule has 2 aliphatic heterocycles. The van der Waals surface area contributed by atoms with Crippen molar-refractivity contribution in [1.82, 2.24) is 4.90 Å². The molecule has 0 bridgehead atoms. The fraction of sp³-hybridized carbons (Fsp3) is 0.300. The molecular weight excluding hydrogens is 384 g/mol. The van der Waals surface area contributed by atoms with Crippen molar-refractivity contribution in [2.45, 2.75) is 11.4 Å². The molecule has 4 rings (SSSR count). The molecule has 0 spiro atoms. The second-order valence-corrected chi connectivity index (χ2v) is 7.94. The fourth-order valence-corrected chi connectivity index (χ4v) is 4.40. The first-order valence-corrected chi connectivity index (χ1v) is 10.2. The van der Waals surface area contributed by atoms with Crippen LogP contribution in [-0.2, 0) is 16.1 Å². The highest BCUT2D eigenvalue weighted by Crippen LogP contribution is 2.37. The predicted octanol–water partition coefficient (Wildman–Crippen LogP) is 3.45. The molecule has 7 heteroatoms. The maximum Gasteiger partial charge on any atom is 0.254 e. The number of carbonyl (C=O) groups is 2. The summed E-state index contributed by atoms with van der Waals surface area (Å²) in [6, 6.07) is 13.1. The van der Waals surface area contributed by atoms with Gasteiger partial charge in [-0.2, -0.15) is 0 Å². The lowest BCUT2D eigenvalue weighted by atomic mass is 10.1. The number of nitrogens with zero attached hydrogens (tertiary/aromatic N) is 2. The standard InChI is InChI=1S/C20H19ClN2O3S/c21-16-3-1-2-14(10-16)12-23-17-11-15(4-5-18(17)27-13-19(23)24)20(25)22-6-8-26-9-7-22/h1-5,10-11H,6-9,12-13H2. The number of fused-ring (bicyclic) bond motifs is 1. The molecule has 2 aromatic rings. The highest BCUT2D eigenvalue weighted by molar-refractivity contribution is 8.00. The molecule has 5 nitrogen and oxygen atoms in total. The third kappa shape index (κ3) is 3.98. The Morgan fingerprint density at radius 1 is 1.15 bits per heavy atom. The van der Waals surface area contributed by atoms with Crippen LogP contribution in [0.4, 0.5) is 5.69 Å². The van der Waals surface area contributed by atoms with Gasteiger partial charge in [-0.05, 0) is 35.9 Å². The maximum atomic E-state index is 12.8. The summed E-state index contributed by atoms with van der Waals surface area (Å²) >= 11 is 7.59. The minimum absolute atomic E-state index is 0.0215. The Morgan fingerprint density at radius 2 is 1.96 bits per heavy atom. The molecule has 2 heterocycles. The summed E-state index contributed by atoms with van der Waals surface area (Å²) in [5, 5.41) is 0.641. The summed E-state index contributed by atoms with van der Waals surface area (Å²) in [7, 11) is 0. The van der Waals surface area contributed by atoms with Crippen molar-refractivity contribution in [3.8, 4) is 0 Å². The van der Waals surface area contributed by atoms with Crippen LogP contribution in [0.3, 0.4) is 0 Å². The van der Waals surface area contributed by atoms with Crippen LogP contribution in [0.25, 0.3) is 0 Å². The summed E-state index contributed by atoms with van der Waals surface area (Å²) in [5.41, 5.74) is 2.34. The van der Waals surface area contributed by atoms with Crippen LogP contribution >= 0.6 is 23.4 Å². The summed E-state index contributed by atoms with van der Waals surface area (Å²) in [6.45, 7) is 2.74. The van der Waals surface area contributed by atoms with E-state index in [9.17, 15) is 9.59 Å². The van der Waals surface area contributed by atoms with E-state index in [4.69, 9.17) is 16.3 Å². The van der Waals surface area contributed by atoms with Gasteiger partial charge in [0.15, 0.2) is 0 Å². The smallest absolute Gasteiger partial charge is 0.254 e. The Labute approximate surface area is 167 Å². The van der Waals surface area contributed by atoms with Gasteiger partial charge in [0.05, 0.1) is 31.2 Å². The first-order chi connectivity index (χ1) is 13.1. The van der Waals surface area contributed by atoms with E-state index in [1.807, 2.05) is 42.5 Å². The molecule has 1 saturated heterocycles. The molecule has 2 amide bonds. The van der Waals surface area contributed by atoms with Crippen LogP contribution in [0.2, 0.25) is 5.02 Å². The van der Waals surface area contributed by atoms with Crippen LogP contribution in [0, 0.1) is 0 Å². The highest BCUT2D eigenvalue weighted by atomic mass is 35.5. The number of halogens is 1. The van der Waals surface area contributed by atoms with Crippen molar-refractivity contribution < 1.29 is 14.3 Å². The van der Waals surface area contributed by atoms with Crippen molar-refractivity contribution in [3.05, 3.63) is 58.6 Å². The second-order valence-electron chi connectivity index (χ2n) is 6.49. The number of rotatable bonds is 3. The lowest BCUT2D eigenvalue weighted by Crippen LogP contribution is -2.41. The first-order valence-electron chi connectivity index (χ1n) is 8.80. The second kappa shape index (κ2) is 7.92. The number of morpholine rings is 1. The summed E-state index contributed by atoms with van der Waals surface area (Å²) in [4.78, 5) is 30.0. The van der Waals surface area contributed by atoms with Crippen molar-refractivity contribution in [2.24, 2.45) is 0 Å². The molecule has 0 N–H and O–H groups in total. The summed E-state index contributed by atoms with van der Waals surface area (Å²) in [5.74, 6) is 0.403. The largest absolute Gasteiger partial charge is 0.378 e. The van der Waals surface area contributed by atoms with E-state index in [1.54, 1.807) is 9.80 Å². The highest BCUT2D eigenvalue weighted by Gasteiger charge is 2.27. The zero-order chi connectivity index (χ0) is 18.8. The zero-order valence-corrected chi connectivity index (χ0v) is 16.3. The molecule has 0 atom stereocenters. The number of anilines is 1. The third-order valence-corrected chi connectivity index (χ3v) is 5.96. The zero-order valence-electron chi connectivity index (χ0n) is 14.7. The Balaban J connectivity index is 1.63. The average Bonchev–Trinajstić information content (AvgIpc) is 2.70. The Bertz CT molecular complexity index is 883. The van der Waals surface area contributed by atoms with Crippen LogP contribution in [0.15, 0.2) is 47.4 Å². The maximum absolute atomic E-state index is 12.8. The van der Waals surface area contributed by atoms with E-state index in [0.717, 1.165) is 16.1 Å². The molecule has 0 unspecified atom stereocenters. The van der Waals surface area contributed by atoms with Crippen LogP contribution in [-0.4, -0.2) is 48.8 Å². The molecule has 27 heavy (non-hydrogen) atoms. The van der Waals surface area contributed by atoms with Gasteiger partial charge in [-0.1, -0.05) is 23.7 Å². The third-order valence-electron chi connectivity index (χ3n) is 4.68. The van der Waals surface area contributed by atoms with E-state index in [1.165, 1.54) is 11.8 Å². The number of amides is 2. The lowest BCUT2D eigenvalue weighted by molar-refractivity contribution is -0.116. The van der Waals surface area contributed by atoms with Gasteiger partial charge >= 0.3 is 0 Å². The van der Waals surface area contributed by atoms with Gasteiger partial charge in [-0.25, -0.2) is 0 Å². The van der Waals surface area contributed by atoms with Gasteiger partial charge < -0.3 is 14.5 Å². The Kier molecular flexibility index (Phi) is 5.38. The molecule has 2 aliphatic rings. The number of carbonyl (C=O) groups excluding carboxylic acids is 2. The monoisotopic (exact) mass is 402 g/mol.